The number of nitrogens with zero attached hydrogens (tertiary/aromatic N) is 1. The van der Waals surface area contributed by atoms with Gasteiger partial charge in [-0.2, -0.15) is 0 Å². The van der Waals surface area contributed by atoms with Gasteiger partial charge in [-0.15, -0.1) is 0 Å². The topological polar surface area (TPSA) is 24.9 Å². The summed E-state index contributed by atoms with van der Waals surface area (Å²) >= 11 is 0. The van der Waals surface area contributed by atoms with Crippen LogP contribution < -0.4 is 5.32 Å². The second kappa shape index (κ2) is 4.45. The molecule has 1 atom stereocenters. The molecule has 0 spiro atoms. The van der Waals surface area contributed by atoms with Gasteiger partial charge in [0.05, 0.1) is 11.6 Å². The molecule has 1 aromatic carbocycles. The lowest BCUT2D eigenvalue weighted by molar-refractivity contribution is 0.684. The van der Waals surface area contributed by atoms with Crippen molar-refractivity contribution in [2.24, 2.45) is 0 Å². The number of benzene rings is 1. The van der Waals surface area contributed by atoms with E-state index in [1.54, 1.807) is 0 Å². The fourth-order valence-corrected chi connectivity index (χ4v) is 2.05. The predicted octanol–water partition coefficient (Wildman–Crippen LogP) is 3.07. The number of fused-ring (bicyclic) bond motifs is 1. The number of hydrogen-bond acceptors (Lipinski definition) is 2. The molecule has 1 unspecified atom stereocenters. The van der Waals surface area contributed by atoms with E-state index in [0.717, 1.165) is 11.1 Å². The maximum atomic E-state index is 4.36. The lowest BCUT2D eigenvalue weighted by Crippen LogP contribution is -2.17. The molecule has 0 amide bonds. The van der Waals surface area contributed by atoms with Crippen molar-refractivity contribution in [1.29, 1.82) is 0 Å². The third kappa shape index (κ3) is 1.84. The zero-order valence-electron chi connectivity index (χ0n) is 9.70. The average Bonchev–Trinajstić information content (AvgIpc) is 2.30. The molecular weight excluding hydrogens is 196 g/mol. The molecule has 0 aliphatic rings. The molecule has 2 aromatic rings. The van der Waals surface area contributed by atoms with Crippen LogP contribution in [0.5, 0.6) is 0 Å². The first kappa shape index (κ1) is 10.8. The van der Waals surface area contributed by atoms with E-state index < -0.39 is 0 Å². The van der Waals surface area contributed by atoms with Crippen molar-refractivity contribution in [2.75, 3.05) is 7.05 Å². The summed E-state index contributed by atoms with van der Waals surface area (Å²) in [5.41, 5.74) is 3.38. The molecule has 0 saturated carbocycles. The van der Waals surface area contributed by atoms with Crippen molar-refractivity contribution in [3.63, 3.8) is 0 Å². The Balaban J connectivity index is 2.63. The van der Waals surface area contributed by atoms with Gasteiger partial charge in [-0.3, -0.25) is 4.98 Å². The molecule has 16 heavy (non-hydrogen) atoms. The Hall–Kier alpha value is -1.67. The Bertz CT molecular complexity index is 512. The summed E-state index contributed by atoms with van der Waals surface area (Å²) in [4.78, 5) is 4.36. The van der Waals surface area contributed by atoms with Crippen molar-refractivity contribution in [3.8, 4) is 0 Å². The van der Waals surface area contributed by atoms with Crippen LogP contribution in [0.25, 0.3) is 10.9 Å². The van der Waals surface area contributed by atoms with Gasteiger partial charge in [0, 0.05) is 11.6 Å². The molecule has 1 N–H and O–H groups in total. The molecule has 2 rings (SSSR count). The second-order valence-electron chi connectivity index (χ2n) is 3.99. The monoisotopic (exact) mass is 212 g/mol. The van der Waals surface area contributed by atoms with E-state index in [1.165, 1.54) is 10.9 Å². The number of rotatable bonds is 3. The van der Waals surface area contributed by atoms with Crippen LogP contribution in [-0.2, 0) is 0 Å². The highest BCUT2D eigenvalue weighted by molar-refractivity contribution is 5.82. The molecule has 1 aromatic heterocycles. The van der Waals surface area contributed by atoms with E-state index in [4.69, 9.17) is 0 Å². The second-order valence-corrected chi connectivity index (χ2v) is 3.99. The van der Waals surface area contributed by atoms with Gasteiger partial charge < -0.3 is 5.32 Å². The third-order valence-electron chi connectivity index (χ3n) is 2.77. The van der Waals surface area contributed by atoms with Gasteiger partial charge in [-0.25, -0.2) is 0 Å². The van der Waals surface area contributed by atoms with Crippen LogP contribution in [0.4, 0.5) is 0 Å². The lowest BCUT2D eigenvalue weighted by atomic mass is 9.97. The highest BCUT2D eigenvalue weighted by atomic mass is 14.9. The van der Waals surface area contributed by atoms with E-state index in [0.29, 0.717) is 0 Å². The van der Waals surface area contributed by atoms with Gasteiger partial charge in [0.2, 0.25) is 0 Å². The first-order valence-electron chi connectivity index (χ1n) is 5.40. The number of pyridine rings is 1. The minimum Gasteiger partial charge on any atom is -0.310 e. The minimum absolute atomic E-state index is 0.188. The van der Waals surface area contributed by atoms with E-state index in [2.05, 4.69) is 29.0 Å². The van der Waals surface area contributed by atoms with Crippen molar-refractivity contribution in [1.82, 2.24) is 10.3 Å². The predicted molar refractivity (Wildman–Crippen MR) is 68.4 cm³/mol. The summed E-state index contributed by atoms with van der Waals surface area (Å²) in [6.07, 6.45) is 1.82. The van der Waals surface area contributed by atoms with Gasteiger partial charge in [0.15, 0.2) is 0 Å². The van der Waals surface area contributed by atoms with Crippen LogP contribution >= 0.6 is 0 Å². The Labute approximate surface area is 96.0 Å². The molecule has 0 bridgehead atoms. The number of aromatic nitrogens is 1. The first-order chi connectivity index (χ1) is 7.74. The molecule has 0 aliphatic carbocycles. The summed E-state index contributed by atoms with van der Waals surface area (Å²) in [7, 11) is 1.95. The van der Waals surface area contributed by atoms with Crippen LogP contribution in [0.15, 0.2) is 48.7 Å². The van der Waals surface area contributed by atoms with E-state index in [1.807, 2.05) is 38.4 Å². The van der Waals surface area contributed by atoms with Gasteiger partial charge in [-0.1, -0.05) is 30.4 Å². The molecule has 0 saturated heterocycles. The molecule has 0 aliphatic heterocycles. The maximum Gasteiger partial charge on any atom is 0.0705 e. The molecule has 0 radical (unpaired) electrons. The molecule has 82 valence electrons. The fourth-order valence-electron chi connectivity index (χ4n) is 2.05. The zero-order valence-corrected chi connectivity index (χ0v) is 9.70. The minimum atomic E-state index is 0.188. The van der Waals surface area contributed by atoms with Gasteiger partial charge in [0.25, 0.3) is 0 Å². The van der Waals surface area contributed by atoms with Crippen LogP contribution in [0.2, 0.25) is 0 Å². The quantitative estimate of drug-likeness (QED) is 0.791. The number of hydrogen-bond donors (Lipinski definition) is 1. The van der Waals surface area contributed by atoms with Crippen molar-refractivity contribution in [3.05, 3.63) is 54.2 Å². The van der Waals surface area contributed by atoms with Crippen LogP contribution in [0.3, 0.4) is 0 Å². The fraction of sp³-hybridized carbons (Fsp3) is 0.214. The van der Waals surface area contributed by atoms with Gasteiger partial charge in [-0.05, 0) is 31.7 Å². The van der Waals surface area contributed by atoms with E-state index >= 15 is 0 Å². The summed E-state index contributed by atoms with van der Waals surface area (Å²) in [5, 5.41) is 4.47. The van der Waals surface area contributed by atoms with E-state index in [-0.39, 0.29) is 6.04 Å². The molecular formula is C14H16N2. The molecule has 2 heteroatoms. The summed E-state index contributed by atoms with van der Waals surface area (Å²) in [5.74, 6) is 0. The summed E-state index contributed by atoms with van der Waals surface area (Å²) < 4.78 is 0. The first-order valence-corrected chi connectivity index (χ1v) is 5.40. The Morgan fingerprint density at radius 2 is 2.12 bits per heavy atom. The Kier molecular flexibility index (Phi) is 3.02. The maximum absolute atomic E-state index is 4.36. The van der Waals surface area contributed by atoms with Gasteiger partial charge >= 0.3 is 0 Å². The highest BCUT2D eigenvalue weighted by Crippen LogP contribution is 2.26. The SMILES string of the molecule is C=C(C)C(NC)c1cccc2ncccc12. The molecule has 2 nitrogen and oxygen atoms in total. The largest absolute Gasteiger partial charge is 0.310 e. The molecule has 1 heterocycles. The third-order valence-corrected chi connectivity index (χ3v) is 2.77. The van der Waals surface area contributed by atoms with Crippen LogP contribution in [0, 0.1) is 0 Å². The van der Waals surface area contributed by atoms with Crippen molar-refractivity contribution < 1.29 is 0 Å². The van der Waals surface area contributed by atoms with Crippen LogP contribution in [0.1, 0.15) is 18.5 Å². The van der Waals surface area contributed by atoms with Gasteiger partial charge in [0.1, 0.15) is 0 Å². The number of nitrogens with one attached hydrogen (secondary N) is 1. The van der Waals surface area contributed by atoms with E-state index in [9.17, 15) is 0 Å². The lowest BCUT2D eigenvalue weighted by Gasteiger charge is -2.18. The Morgan fingerprint density at radius 1 is 1.31 bits per heavy atom. The Morgan fingerprint density at radius 3 is 2.81 bits per heavy atom. The summed E-state index contributed by atoms with van der Waals surface area (Å²) in [6, 6.07) is 10.5. The highest BCUT2D eigenvalue weighted by Gasteiger charge is 2.12. The smallest absolute Gasteiger partial charge is 0.0705 e. The normalized spacial score (nSPS) is 12.6. The molecule has 0 fully saturated rings. The average molecular weight is 212 g/mol. The van der Waals surface area contributed by atoms with Crippen LogP contribution in [-0.4, -0.2) is 12.0 Å². The number of likely N-dealkylation sites (N-methyl/N-ethyl adjacent to an activating group) is 1. The summed E-state index contributed by atoms with van der Waals surface area (Å²) in [6.45, 7) is 6.06. The standard InChI is InChI=1S/C14H16N2/c1-10(2)14(15-3)12-6-4-8-13-11(12)7-5-9-16-13/h4-9,14-15H,1H2,2-3H3. The van der Waals surface area contributed by atoms with Crippen molar-refractivity contribution in [2.45, 2.75) is 13.0 Å². The van der Waals surface area contributed by atoms with Crippen molar-refractivity contribution >= 4 is 10.9 Å². The zero-order chi connectivity index (χ0) is 11.5.